The number of carboxylic acids is 1. The van der Waals surface area contributed by atoms with Gasteiger partial charge in [-0.2, -0.15) is 0 Å². The minimum Gasteiger partial charge on any atom is -0.481 e. The van der Waals surface area contributed by atoms with Crippen LogP contribution in [0.2, 0.25) is 0 Å². The van der Waals surface area contributed by atoms with Gasteiger partial charge in [0.05, 0.1) is 18.1 Å². The van der Waals surface area contributed by atoms with E-state index >= 15 is 0 Å². The van der Waals surface area contributed by atoms with E-state index in [2.05, 4.69) is 5.32 Å². The molecule has 1 aliphatic heterocycles. The van der Waals surface area contributed by atoms with Crippen molar-refractivity contribution < 1.29 is 24.2 Å². The van der Waals surface area contributed by atoms with E-state index in [1.54, 1.807) is 36.1 Å². The zero-order valence-corrected chi connectivity index (χ0v) is 12.9. The summed E-state index contributed by atoms with van der Waals surface area (Å²) in [5.41, 5.74) is 0.871. The highest BCUT2D eigenvalue weighted by atomic mass is 16.5. The second kappa shape index (κ2) is 7.62. The van der Waals surface area contributed by atoms with E-state index in [4.69, 9.17) is 9.84 Å². The molecule has 0 atom stereocenters. The summed E-state index contributed by atoms with van der Waals surface area (Å²) in [7, 11) is 0. The Balaban J connectivity index is 1.94. The molecule has 1 aromatic rings. The molecule has 7 nitrogen and oxygen atoms in total. The van der Waals surface area contributed by atoms with E-state index in [1.165, 1.54) is 0 Å². The first kappa shape index (κ1) is 16.8. The molecule has 1 aromatic carbocycles. The van der Waals surface area contributed by atoms with Crippen LogP contribution in [0, 0.1) is 5.92 Å². The molecule has 2 N–H and O–H groups in total. The lowest BCUT2D eigenvalue weighted by molar-refractivity contribution is -0.143. The number of hydrogen-bond donors (Lipinski definition) is 2. The lowest BCUT2D eigenvalue weighted by Gasteiger charge is -2.30. The zero-order chi connectivity index (χ0) is 16.8. The lowest BCUT2D eigenvalue weighted by Crippen LogP contribution is -2.42. The molecule has 0 unspecified atom stereocenters. The van der Waals surface area contributed by atoms with Crippen molar-refractivity contribution in [2.24, 2.45) is 5.92 Å². The number of carbonyl (C=O) groups excluding carboxylic acids is 2. The number of likely N-dealkylation sites (tertiary alicyclic amines) is 1. The zero-order valence-electron chi connectivity index (χ0n) is 12.9. The van der Waals surface area contributed by atoms with Crippen molar-refractivity contribution in [1.29, 1.82) is 0 Å². The third-order valence-corrected chi connectivity index (χ3v) is 3.76. The van der Waals surface area contributed by atoms with Crippen molar-refractivity contribution >= 4 is 23.7 Å². The average molecular weight is 320 g/mol. The number of carbonyl (C=O) groups is 3. The third-order valence-electron chi connectivity index (χ3n) is 3.76. The molecule has 1 saturated heterocycles. The summed E-state index contributed by atoms with van der Waals surface area (Å²) in [6, 6.07) is 6.23. The van der Waals surface area contributed by atoms with E-state index in [0.29, 0.717) is 37.2 Å². The molecule has 0 aliphatic carbocycles. The minimum absolute atomic E-state index is 0.286. The van der Waals surface area contributed by atoms with E-state index in [9.17, 15) is 14.4 Å². The maximum absolute atomic E-state index is 12.2. The number of anilines is 1. The molecule has 7 heteroatoms. The summed E-state index contributed by atoms with van der Waals surface area (Å²) in [6.45, 7) is 2.82. The number of esters is 1. The van der Waals surface area contributed by atoms with Crippen molar-refractivity contribution in [2.75, 3.05) is 25.0 Å². The van der Waals surface area contributed by atoms with Crippen molar-refractivity contribution in [3.8, 4) is 0 Å². The summed E-state index contributed by atoms with van der Waals surface area (Å²) >= 11 is 0. The van der Waals surface area contributed by atoms with Crippen molar-refractivity contribution in [3.63, 3.8) is 0 Å². The standard InChI is InChI=1S/C16H20N2O5/c1-2-23-15(21)12-4-3-5-13(10-12)17-16(22)18-8-6-11(7-9-18)14(19)20/h3-5,10-11H,2,6-9H2,1H3,(H,17,22)(H,19,20). The van der Waals surface area contributed by atoms with Gasteiger partial charge >= 0.3 is 18.0 Å². The van der Waals surface area contributed by atoms with Crippen molar-refractivity contribution in [3.05, 3.63) is 29.8 Å². The number of nitrogens with one attached hydrogen (secondary N) is 1. The predicted molar refractivity (Wildman–Crippen MR) is 83.4 cm³/mol. The Hall–Kier alpha value is -2.57. The van der Waals surface area contributed by atoms with Gasteiger partial charge in [0.15, 0.2) is 0 Å². The molecule has 2 rings (SSSR count). The van der Waals surface area contributed by atoms with Crippen LogP contribution in [0.3, 0.4) is 0 Å². The number of benzene rings is 1. The summed E-state index contributed by atoms with van der Waals surface area (Å²) < 4.78 is 4.92. The molecule has 1 heterocycles. The monoisotopic (exact) mass is 320 g/mol. The Morgan fingerprint density at radius 2 is 2.00 bits per heavy atom. The Labute approximate surface area is 134 Å². The Bertz CT molecular complexity index is 594. The smallest absolute Gasteiger partial charge is 0.338 e. The maximum Gasteiger partial charge on any atom is 0.338 e. The molecule has 124 valence electrons. The molecule has 0 radical (unpaired) electrons. The van der Waals surface area contributed by atoms with Crippen LogP contribution in [-0.2, 0) is 9.53 Å². The van der Waals surface area contributed by atoms with Crippen LogP contribution in [-0.4, -0.2) is 47.7 Å². The second-order valence-corrected chi connectivity index (χ2v) is 5.33. The number of urea groups is 1. The average Bonchev–Trinajstić information content (AvgIpc) is 2.55. The second-order valence-electron chi connectivity index (χ2n) is 5.33. The van der Waals surface area contributed by atoms with Gasteiger partial charge in [-0.15, -0.1) is 0 Å². The fourth-order valence-corrected chi connectivity index (χ4v) is 2.47. The van der Waals surface area contributed by atoms with Crippen LogP contribution in [0.5, 0.6) is 0 Å². The van der Waals surface area contributed by atoms with E-state index in [1.807, 2.05) is 0 Å². The molecule has 0 spiro atoms. The van der Waals surface area contributed by atoms with Crippen LogP contribution in [0.15, 0.2) is 24.3 Å². The molecular formula is C16H20N2O5. The Morgan fingerprint density at radius 3 is 2.61 bits per heavy atom. The molecule has 1 fully saturated rings. The summed E-state index contributed by atoms with van der Waals surface area (Å²) in [6.07, 6.45) is 0.900. The van der Waals surface area contributed by atoms with Gasteiger partial charge in [-0.25, -0.2) is 9.59 Å². The van der Waals surface area contributed by atoms with Crippen LogP contribution in [0.4, 0.5) is 10.5 Å². The maximum atomic E-state index is 12.2. The van der Waals surface area contributed by atoms with Crippen LogP contribution in [0.1, 0.15) is 30.1 Å². The number of carboxylic acid groups (broad SMARTS) is 1. The topological polar surface area (TPSA) is 95.9 Å². The predicted octanol–water partition coefficient (Wildman–Crippen LogP) is 2.19. The first-order valence-electron chi connectivity index (χ1n) is 7.57. The fourth-order valence-electron chi connectivity index (χ4n) is 2.47. The Morgan fingerprint density at radius 1 is 1.30 bits per heavy atom. The molecule has 0 bridgehead atoms. The highest BCUT2D eigenvalue weighted by Crippen LogP contribution is 2.19. The highest BCUT2D eigenvalue weighted by Gasteiger charge is 2.27. The Kier molecular flexibility index (Phi) is 5.56. The quantitative estimate of drug-likeness (QED) is 0.829. The third kappa shape index (κ3) is 4.45. The molecule has 2 amide bonds. The molecule has 1 aliphatic rings. The van der Waals surface area contributed by atoms with Gasteiger partial charge in [0, 0.05) is 18.8 Å². The fraction of sp³-hybridized carbons (Fsp3) is 0.438. The molecular weight excluding hydrogens is 300 g/mol. The summed E-state index contributed by atoms with van der Waals surface area (Å²) in [5.74, 6) is -1.63. The van der Waals surface area contributed by atoms with E-state index in [-0.39, 0.29) is 18.6 Å². The normalized spacial score (nSPS) is 15.1. The van der Waals surface area contributed by atoms with E-state index < -0.39 is 11.9 Å². The number of amides is 2. The minimum atomic E-state index is -0.813. The first-order chi connectivity index (χ1) is 11.0. The van der Waals surface area contributed by atoms with Gasteiger partial charge in [-0.3, -0.25) is 4.79 Å². The molecule has 23 heavy (non-hydrogen) atoms. The van der Waals surface area contributed by atoms with Crippen molar-refractivity contribution in [1.82, 2.24) is 4.90 Å². The molecule has 0 saturated carbocycles. The number of piperidine rings is 1. The summed E-state index contributed by atoms with van der Waals surface area (Å²) in [5, 5.41) is 11.7. The number of hydrogen-bond acceptors (Lipinski definition) is 4. The lowest BCUT2D eigenvalue weighted by atomic mass is 9.97. The van der Waals surface area contributed by atoms with Gasteiger partial charge in [0.25, 0.3) is 0 Å². The highest BCUT2D eigenvalue weighted by molar-refractivity contribution is 5.94. The largest absolute Gasteiger partial charge is 0.481 e. The number of aliphatic carboxylic acids is 1. The molecule has 0 aromatic heterocycles. The van der Waals surface area contributed by atoms with Gasteiger partial charge in [-0.1, -0.05) is 6.07 Å². The van der Waals surface area contributed by atoms with Gasteiger partial charge in [0.2, 0.25) is 0 Å². The van der Waals surface area contributed by atoms with Gasteiger partial charge < -0.3 is 20.1 Å². The van der Waals surface area contributed by atoms with Crippen LogP contribution >= 0.6 is 0 Å². The van der Waals surface area contributed by atoms with E-state index in [0.717, 1.165) is 0 Å². The number of rotatable bonds is 4. The first-order valence-corrected chi connectivity index (χ1v) is 7.57. The van der Waals surface area contributed by atoms with Crippen LogP contribution < -0.4 is 5.32 Å². The SMILES string of the molecule is CCOC(=O)c1cccc(NC(=O)N2CCC(C(=O)O)CC2)c1. The van der Waals surface area contributed by atoms with Gasteiger partial charge in [-0.05, 0) is 38.0 Å². The summed E-state index contributed by atoms with van der Waals surface area (Å²) in [4.78, 5) is 36.4. The number of ether oxygens (including phenoxy) is 1. The van der Waals surface area contributed by atoms with Gasteiger partial charge in [0.1, 0.15) is 0 Å². The van der Waals surface area contributed by atoms with Crippen LogP contribution in [0.25, 0.3) is 0 Å². The number of nitrogens with zero attached hydrogens (tertiary/aromatic N) is 1. The van der Waals surface area contributed by atoms with Crippen molar-refractivity contribution in [2.45, 2.75) is 19.8 Å².